The Kier molecular flexibility index (Phi) is 8.26. The zero-order valence-corrected chi connectivity index (χ0v) is 11.8. The Morgan fingerprint density at radius 1 is 1.20 bits per heavy atom. The maximum atomic E-state index is 10.9. The summed E-state index contributed by atoms with van der Waals surface area (Å²) in [6.07, 6.45) is 0.429. The number of benzene rings is 1. The standard InChI is InChI=1S/C9H8O3.C4H9NO2S/c1-6(10)7-4-2-3-5-8(7)9(11)12;5-3(1-2-8)4(6)7/h2-5H,1H3,(H,11,12);3,8H,1-2,5H2,(H,6,7). The van der Waals surface area contributed by atoms with Gasteiger partial charge in [0.1, 0.15) is 6.04 Å². The van der Waals surface area contributed by atoms with Crippen LogP contribution in [0.5, 0.6) is 0 Å². The van der Waals surface area contributed by atoms with E-state index in [4.69, 9.17) is 15.9 Å². The Morgan fingerprint density at radius 2 is 1.70 bits per heavy atom. The highest BCUT2D eigenvalue weighted by molar-refractivity contribution is 7.80. The Bertz CT molecular complexity index is 456. The second kappa shape index (κ2) is 9.11. The van der Waals surface area contributed by atoms with Crippen molar-refractivity contribution in [1.82, 2.24) is 0 Å². The van der Waals surface area contributed by atoms with E-state index < -0.39 is 18.0 Å². The topological polar surface area (TPSA) is 118 Å². The van der Waals surface area contributed by atoms with Crippen LogP contribution in [0.3, 0.4) is 0 Å². The average molecular weight is 299 g/mol. The molecule has 0 amide bonds. The molecule has 1 rings (SSSR count). The van der Waals surface area contributed by atoms with Gasteiger partial charge in [0.25, 0.3) is 0 Å². The predicted molar refractivity (Wildman–Crippen MR) is 77.5 cm³/mol. The maximum Gasteiger partial charge on any atom is 0.336 e. The summed E-state index contributed by atoms with van der Waals surface area (Å²) in [5.41, 5.74) is 5.39. The van der Waals surface area contributed by atoms with Crippen molar-refractivity contribution in [3.05, 3.63) is 35.4 Å². The molecule has 6 nitrogen and oxygen atoms in total. The number of rotatable bonds is 5. The summed E-state index contributed by atoms with van der Waals surface area (Å²) in [6.45, 7) is 1.35. The summed E-state index contributed by atoms with van der Waals surface area (Å²) in [4.78, 5) is 31.4. The Balaban J connectivity index is 0.000000396. The maximum absolute atomic E-state index is 10.9. The van der Waals surface area contributed by atoms with Gasteiger partial charge < -0.3 is 15.9 Å². The summed E-state index contributed by atoms with van der Waals surface area (Å²) in [7, 11) is 0. The molecule has 0 heterocycles. The summed E-state index contributed by atoms with van der Waals surface area (Å²) in [6, 6.07) is 5.41. The Morgan fingerprint density at radius 3 is 1.95 bits per heavy atom. The summed E-state index contributed by atoms with van der Waals surface area (Å²) in [5, 5.41) is 16.8. The summed E-state index contributed by atoms with van der Waals surface area (Å²) >= 11 is 3.81. The minimum atomic E-state index is -1.07. The van der Waals surface area contributed by atoms with Gasteiger partial charge in [0.15, 0.2) is 5.78 Å². The van der Waals surface area contributed by atoms with Crippen LogP contribution >= 0.6 is 12.6 Å². The van der Waals surface area contributed by atoms with Gasteiger partial charge in [-0.3, -0.25) is 9.59 Å². The van der Waals surface area contributed by atoms with Crippen LogP contribution in [0.1, 0.15) is 34.1 Å². The first-order valence-corrected chi connectivity index (χ1v) is 6.37. The number of carboxylic acid groups (broad SMARTS) is 2. The number of Topliss-reactive ketones (excluding diaryl/α,β-unsaturated/α-hetero) is 1. The molecule has 4 N–H and O–H groups in total. The van der Waals surface area contributed by atoms with Crippen molar-refractivity contribution in [3.63, 3.8) is 0 Å². The monoisotopic (exact) mass is 299 g/mol. The fraction of sp³-hybridized carbons (Fsp3) is 0.308. The normalized spacial score (nSPS) is 10.9. The zero-order chi connectivity index (χ0) is 15.7. The molecule has 0 aliphatic heterocycles. The van der Waals surface area contributed by atoms with Crippen LogP contribution < -0.4 is 5.73 Å². The van der Waals surface area contributed by atoms with Crippen molar-refractivity contribution in [2.24, 2.45) is 5.73 Å². The lowest BCUT2D eigenvalue weighted by atomic mass is 10.1. The van der Waals surface area contributed by atoms with E-state index in [1.165, 1.54) is 19.1 Å². The lowest BCUT2D eigenvalue weighted by Gasteiger charge is -2.00. The lowest BCUT2D eigenvalue weighted by Crippen LogP contribution is -2.30. The highest BCUT2D eigenvalue weighted by Crippen LogP contribution is 2.08. The minimum Gasteiger partial charge on any atom is -0.480 e. The fourth-order valence-corrected chi connectivity index (χ4v) is 1.52. The van der Waals surface area contributed by atoms with Crippen molar-refractivity contribution in [1.29, 1.82) is 0 Å². The number of carbonyl (C=O) groups is 3. The van der Waals surface area contributed by atoms with Gasteiger partial charge in [-0.1, -0.05) is 18.2 Å². The molecule has 110 valence electrons. The van der Waals surface area contributed by atoms with Crippen LogP contribution in [-0.2, 0) is 4.79 Å². The molecule has 0 fully saturated rings. The summed E-state index contributed by atoms with van der Waals surface area (Å²) < 4.78 is 0. The first-order valence-electron chi connectivity index (χ1n) is 5.73. The van der Waals surface area contributed by atoms with Gasteiger partial charge in [-0.05, 0) is 25.2 Å². The van der Waals surface area contributed by atoms with Crippen molar-refractivity contribution in [2.75, 3.05) is 5.75 Å². The molecule has 0 saturated heterocycles. The van der Waals surface area contributed by atoms with E-state index in [2.05, 4.69) is 12.6 Å². The van der Waals surface area contributed by atoms with Gasteiger partial charge >= 0.3 is 11.9 Å². The number of carbonyl (C=O) groups excluding carboxylic acids is 1. The van der Waals surface area contributed by atoms with Crippen LogP contribution in [0.2, 0.25) is 0 Å². The molecule has 0 saturated carbocycles. The molecule has 1 aromatic carbocycles. The van der Waals surface area contributed by atoms with Gasteiger partial charge in [0.2, 0.25) is 0 Å². The first-order chi connectivity index (χ1) is 9.31. The highest BCUT2D eigenvalue weighted by atomic mass is 32.1. The highest BCUT2D eigenvalue weighted by Gasteiger charge is 2.11. The molecule has 0 bridgehead atoms. The van der Waals surface area contributed by atoms with Gasteiger partial charge in [0, 0.05) is 5.56 Å². The van der Waals surface area contributed by atoms with Gasteiger partial charge in [-0.15, -0.1) is 0 Å². The number of hydrogen-bond donors (Lipinski definition) is 4. The van der Waals surface area contributed by atoms with Crippen LogP contribution in [-0.4, -0.2) is 39.7 Å². The second-order valence-corrected chi connectivity index (χ2v) is 4.31. The summed E-state index contributed by atoms with van der Waals surface area (Å²) in [5.74, 6) is -1.74. The molecule has 7 heteroatoms. The van der Waals surface area contributed by atoms with Crippen molar-refractivity contribution < 1.29 is 24.6 Å². The number of aliphatic carboxylic acids is 1. The molecular weight excluding hydrogens is 282 g/mol. The Hall–Kier alpha value is -1.86. The first kappa shape index (κ1) is 18.1. The molecule has 0 aliphatic rings. The van der Waals surface area contributed by atoms with E-state index in [-0.39, 0.29) is 16.9 Å². The van der Waals surface area contributed by atoms with E-state index in [9.17, 15) is 14.4 Å². The van der Waals surface area contributed by atoms with E-state index in [0.29, 0.717) is 12.2 Å². The SMILES string of the molecule is CC(=O)c1ccccc1C(=O)O.NC(CCS)C(=O)O. The van der Waals surface area contributed by atoms with E-state index in [1.807, 2.05) is 0 Å². The number of nitrogens with two attached hydrogens (primary N) is 1. The quantitative estimate of drug-likeness (QED) is 0.481. The fourth-order valence-electron chi connectivity index (χ4n) is 1.24. The molecule has 0 radical (unpaired) electrons. The molecule has 1 unspecified atom stereocenters. The van der Waals surface area contributed by atoms with Crippen LogP contribution in [0.4, 0.5) is 0 Å². The van der Waals surface area contributed by atoms with Gasteiger partial charge in [0.05, 0.1) is 5.56 Å². The number of aromatic carboxylic acids is 1. The molecular formula is C13H17NO5S. The molecule has 1 atom stereocenters. The molecule has 20 heavy (non-hydrogen) atoms. The largest absolute Gasteiger partial charge is 0.480 e. The van der Waals surface area contributed by atoms with Crippen LogP contribution in [0, 0.1) is 0 Å². The number of thiol groups is 1. The van der Waals surface area contributed by atoms with Gasteiger partial charge in [-0.25, -0.2) is 4.79 Å². The predicted octanol–water partition coefficient (Wildman–Crippen LogP) is 1.31. The van der Waals surface area contributed by atoms with E-state index in [1.54, 1.807) is 12.1 Å². The van der Waals surface area contributed by atoms with E-state index >= 15 is 0 Å². The third kappa shape index (κ3) is 6.35. The lowest BCUT2D eigenvalue weighted by molar-refractivity contribution is -0.138. The Labute approximate surface area is 122 Å². The minimum absolute atomic E-state index is 0.0602. The smallest absolute Gasteiger partial charge is 0.336 e. The molecule has 0 spiro atoms. The zero-order valence-electron chi connectivity index (χ0n) is 10.9. The molecule has 1 aromatic rings. The molecule has 0 aromatic heterocycles. The number of ketones is 1. The van der Waals surface area contributed by atoms with Crippen LogP contribution in [0.25, 0.3) is 0 Å². The van der Waals surface area contributed by atoms with Crippen molar-refractivity contribution in [2.45, 2.75) is 19.4 Å². The third-order valence-electron chi connectivity index (χ3n) is 2.29. The number of carboxylic acids is 2. The van der Waals surface area contributed by atoms with E-state index in [0.717, 1.165) is 0 Å². The van der Waals surface area contributed by atoms with Gasteiger partial charge in [-0.2, -0.15) is 12.6 Å². The second-order valence-electron chi connectivity index (χ2n) is 3.86. The third-order valence-corrected chi connectivity index (χ3v) is 2.55. The van der Waals surface area contributed by atoms with Crippen molar-refractivity contribution in [3.8, 4) is 0 Å². The average Bonchev–Trinajstić information content (AvgIpc) is 2.39. The van der Waals surface area contributed by atoms with Crippen LogP contribution in [0.15, 0.2) is 24.3 Å². The molecule has 0 aliphatic carbocycles. The number of hydrogen-bond acceptors (Lipinski definition) is 5. The van der Waals surface area contributed by atoms with Crippen molar-refractivity contribution >= 4 is 30.4 Å².